The Morgan fingerprint density at radius 2 is 1.37 bits per heavy atom. The summed E-state index contributed by atoms with van der Waals surface area (Å²) in [5.74, 6) is 2.65. The fourth-order valence-electron chi connectivity index (χ4n) is 6.93. The van der Waals surface area contributed by atoms with Gasteiger partial charge in [0.25, 0.3) is 0 Å². The summed E-state index contributed by atoms with van der Waals surface area (Å²) in [6.07, 6.45) is 0. The fraction of sp³-hybridized carbons (Fsp3) is 0.143. The van der Waals surface area contributed by atoms with Crippen molar-refractivity contribution in [3.05, 3.63) is 151 Å². The van der Waals surface area contributed by atoms with Crippen LogP contribution in [0.5, 0.6) is 11.6 Å². The number of nitrogens with zero attached hydrogens (tertiary/aromatic N) is 4. The lowest BCUT2D eigenvalue weighted by Gasteiger charge is -2.31. The van der Waals surface area contributed by atoms with Gasteiger partial charge in [0.2, 0.25) is 5.88 Å². The van der Waals surface area contributed by atoms with Gasteiger partial charge in [-0.25, -0.2) is 4.68 Å². The zero-order valence-corrected chi connectivity index (χ0v) is 28.2. The van der Waals surface area contributed by atoms with Crippen LogP contribution >= 0.6 is 0 Å². The molecule has 0 radical (unpaired) electrons. The van der Waals surface area contributed by atoms with Gasteiger partial charge in [0.15, 0.2) is 5.82 Å². The predicted octanol–water partition coefficient (Wildman–Crippen LogP) is 10.1. The lowest BCUT2D eigenvalue weighted by molar-refractivity contribution is 0.462. The second-order valence-corrected chi connectivity index (χ2v) is 13.2. The van der Waals surface area contributed by atoms with Crippen molar-refractivity contribution in [2.45, 2.75) is 39.5 Å². The molecule has 3 heterocycles. The molecule has 0 bridgehead atoms. The minimum absolute atomic E-state index is 0.121. The Balaban J connectivity index is 1.15. The zero-order chi connectivity index (χ0) is 33.5. The average Bonchev–Trinajstić information content (AvgIpc) is 3.71. The molecule has 0 saturated heterocycles. The van der Waals surface area contributed by atoms with Gasteiger partial charge in [0, 0.05) is 28.4 Å². The number of benzene rings is 5. The maximum Gasteiger partial charge on any atom is 0.413 e. The Labute approximate surface area is 288 Å². The first kappa shape index (κ1) is 30.5. The number of ether oxygens (including phenoxy) is 1. The number of aromatic nitrogens is 3. The molecule has 0 unspecified atom stereocenters. The van der Waals surface area contributed by atoms with Gasteiger partial charge in [-0.15, -0.1) is 0 Å². The highest BCUT2D eigenvalue weighted by Crippen LogP contribution is 2.45. The molecular weight excluding hydrogens is 601 g/mol. The molecule has 1 aliphatic heterocycles. The molecule has 7 aromatic rings. The molecule has 1 aliphatic rings. The first-order valence-electron chi connectivity index (χ1n) is 17.0. The number of hydrogen-bond donors (Lipinski definition) is 1. The number of rotatable bonds is 8. The van der Waals surface area contributed by atoms with Crippen LogP contribution in [0.2, 0.25) is 0 Å². The van der Waals surface area contributed by atoms with E-state index in [1.54, 1.807) is 0 Å². The summed E-state index contributed by atoms with van der Waals surface area (Å²) in [5, 5.41) is 9.93. The van der Waals surface area contributed by atoms with E-state index in [9.17, 15) is 0 Å². The fourth-order valence-corrected chi connectivity index (χ4v) is 6.93. The molecular formula is C42H38BN5O. The molecule has 7 heteroatoms. The van der Waals surface area contributed by atoms with E-state index in [2.05, 4.69) is 123 Å². The van der Waals surface area contributed by atoms with Crippen molar-refractivity contribution < 1.29 is 4.74 Å². The first-order valence-corrected chi connectivity index (χ1v) is 17.0. The molecule has 240 valence electrons. The van der Waals surface area contributed by atoms with Gasteiger partial charge in [-0.05, 0) is 64.8 Å². The Kier molecular flexibility index (Phi) is 7.88. The Hall–Kier alpha value is -5.82. The van der Waals surface area contributed by atoms with Gasteiger partial charge < -0.3 is 14.8 Å². The number of nitrogens with one attached hydrogen (secondary N) is 1. The quantitative estimate of drug-likeness (QED) is 0.168. The van der Waals surface area contributed by atoms with E-state index in [1.165, 1.54) is 22.5 Å². The third kappa shape index (κ3) is 5.61. The topological polar surface area (TPSA) is 55.2 Å². The summed E-state index contributed by atoms with van der Waals surface area (Å²) in [7, 11) is 0. The SMILES string of the molecule is CC(C)c1cccc(C(C)C)c1N1B(c2cccc(Oc3cccc(-n4nc(-c5ccccc5)c5ccccc54)n3)c2)Nc2ccccc21. The van der Waals surface area contributed by atoms with Crippen LogP contribution in [0.25, 0.3) is 28.0 Å². The van der Waals surface area contributed by atoms with Gasteiger partial charge in [0.1, 0.15) is 11.4 Å². The minimum Gasteiger partial charge on any atom is -0.439 e. The summed E-state index contributed by atoms with van der Waals surface area (Å²) < 4.78 is 8.39. The molecule has 2 aromatic heterocycles. The summed E-state index contributed by atoms with van der Waals surface area (Å²) in [6, 6.07) is 48.0. The zero-order valence-electron chi connectivity index (χ0n) is 28.2. The monoisotopic (exact) mass is 639 g/mol. The van der Waals surface area contributed by atoms with Crippen LogP contribution in [0.3, 0.4) is 0 Å². The van der Waals surface area contributed by atoms with Crippen LogP contribution in [0.4, 0.5) is 17.1 Å². The Morgan fingerprint density at radius 1 is 0.673 bits per heavy atom. The molecule has 0 atom stereocenters. The number of hydrogen-bond acceptors (Lipinski definition) is 5. The highest BCUT2D eigenvalue weighted by atomic mass is 16.5. The number of anilines is 3. The minimum atomic E-state index is -0.121. The van der Waals surface area contributed by atoms with Crippen molar-refractivity contribution in [2.75, 3.05) is 10.0 Å². The average molecular weight is 640 g/mol. The lowest BCUT2D eigenvalue weighted by atomic mass is 9.66. The summed E-state index contributed by atoms with van der Waals surface area (Å²) in [5.41, 5.74) is 10.3. The Morgan fingerprint density at radius 3 is 2.16 bits per heavy atom. The van der Waals surface area contributed by atoms with E-state index in [0.29, 0.717) is 23.5 Å². The molecule has 1 N–H and O–H groups in total. The van der Waals surface area contributed by atoms with Crippen LogP contribution in [0, 0.1) is 0 Å². The molecule has 49 heavy (non-hydrogen) atoms. The second-order valence-electron chi connectivity index (χ2n) is 13.2. The van der Waals surface area contributed by atoms with Gasteiger partial charge in [-0.3, -0.25) is 0 Å². The summed E-state index contributed by atoms with van der Waals surface area (Å²) in [6.45, 7) is 8.98. The Bertz CT molecular complexity index is 2250. The molecule has 0 spiro atoms. The largest absolute Gasteiger partial charge is 0.439 e. The van der Waals surface area contributed by atoms with E-state index in [4.69, 9.17) is 14.8 Å². The lowest BCUT2D eigenvalue weighted by Crippen LogP contribution is -2.48. The van der Waals surface area contributed by atoms with Crippen LogP contribution < -0.4 is 20.2 Å². The van der Waals surface area contributed by atoms with Crippen molar-refractivity contribution in [3.8, 4) is 28.7 Å². The van der Waals surface area contributed by atoms with Crippen LogP contribution in [0.15, 0.2) is 140 Å². The number of pyridine rings is 1. The number of fused-ring (bicyclic) bond motifs is 2. The van der Waals surface area contributed by atoms with Crippen molar-refractivity contribution in [3.63, 3.8) is 0 Å². The normalized spacial score (nSPS) is 12.5. The van der Waals surface area contributed by atoms with Gasteiger partial charge in [-0.2, -0.15) is 10.1 Å². The van der Waals surface area contributed by atoms with Gasteiger partial charge in [0.05, 0.1) is 11.2 Å². The van der Waals surface area contributed by atoms with E-state index in [-0.39, 0.29) is 6.98 Å². The van der Waals surface area contributed by atoms with Crippen LogP contribution in [-0.4, -0.2) is 21.7 Å². The third-order valence-electron chi connectivity index (χ3n) is 9.25. The molecule has 8 rings (SSSR count). The van der Waals surface area contributed by atoms with Crippen molar-refractivity contribution in [2.24, 2.45) is 0 Å². The second kappa shape index (κ2) is 12.7. The van der Waals surface area contributed by atoms with Crippen molar-refractivity contribution in [1.82, 2.24) is 14.8 Å². The van der Waals surface area contributed by atoms with Crippen LogP contribution in [0.1, 0.15) is 50.7 Å². The maximum absolute atomic E-state index is 6.49. The van der Waals surface area contributed by atoms with E-state index >= 15 is 0 Å². The molecule has 0 aliphatic carbocycles. The third-order valence-corrected chi connectivity index (χ3v) is 9.25. The standard InChI is InChI=1S/C42H38BN5O/c1-28(2)33-20-13-21-34(29(3)4)42(33)47-38-24-11-9-22-36(38)45-43(47)31-17-12-18-32(27-31)49-40-26-14-25-39(44-40)48-37-23-10-8-19-35(37)41(46-48)30-15-6-5-7-16-30/h5-29,45H,1-4H3. The molecule has 5 aromatic carbocycles. The maximum atomic E-state index is 6.49. The summed E-state index contributed by atoms with van der Waals surface area (Å²) >= 11 is 0. The smallest absolute Gasteiger partial charge is 0.413 e. The van der Waals surface area contributed by atoms with Crippen molar-refractivity contribution >= 4 is 40.4 Å². The predicted molar refractivity (Wildman–Crippen MR) is 203 cm³/mol. The van der Waals surface area contributed by atoms with Gasteiger partial charge >= 0.3 is 6.98 Å². The molecule has 0 fully saturated rings. The summed E-state index contributed by atoms with van der Waals surface area (Å²) in [4.78, 5) is 7.41. The highest BCUT2D eigenvalue weighted by molar-refractivity contribution is 6.82. The first-order chi connectivity index (χ1) is 24.0. The number of para-hydroxylation sites is 4. The molecule has 0 saturated carbocycles. The van der Waals surface area contributed by atoms with E-state index in [1.807, 2.05) is 59.3 Å². The molecule has 0 amide bonds. The van der Waals surface area contributed by atoms with Gasteiger partial charge in [-0.1, -0.05) is 125 Å². The van der Waals surface area contributed by atoms with Crippen molar-refractivity contribution in [1.29, 1.82) is 0 Å². The van der Waals surface area contributed by atoms with E-state index in [0.717, 1.165) is 39.1 Å². The van der Waals surface area contributed by atoms with Crippen LogP contribution in [-0.2, 0) is 0 Å². The highest BCUT2D eigenvalue weighted by Gasteiger charge is 2.38. The van der Waals surface area contributed by atoms with E-state index < -0.39 is 0 Å². The molecule has 6 nitrogen and oxygen atoms in total.